The molecule has 0 aliphatic rings. The zero-order valence-corrected chi connectivity index (χ0v) is 11.2. The molecule has 0 saturated heterocycles. The summed E-state index contributed by atoms with van der Waals surface area (Å²) in [4.78, 5) is 14.3. The summed E-state index contributed by atoms with van der Waals surface area (Å²) in [7, 11) is 0. The van der Waals surface area contributed by atoms with E-state index in [2.05, 4.69) is 4.98 Å². The molecule has 0 fully saturated rings. The van der Waals surface area contributed by atoms with Gasteiger partial charge in [-0.1, -0.05) is 23.4 Å². The van der Waals surface area contributed by atoms with Gasteiger partial charge in [-0.15, -0.1) is 0 Å². The van der Waals surface area contributed by atoms with E-state index >= 15 is 0 Å². The highest BCUT2D eigenvalue weighted by atomic mass is 35.5. The molecule has 0 saturated carbocycles. The molecule has 18 heavy (non-hydrogen) atoms. The normalized spacial score (nSPS) is 14.3. The standard InChI is InChI=1S/C11H13ClFNO3S/c1-6(15)18-3-2-9(16)11(17)10-8(13)4-7(12)5-14-10/h4-5,9,11,16-17H,2-3H2,1H3. The Hall–Kier alpha value is -0.690. The predicted octanol–water partition coefficient (Wildman–Crippen LogP) is 1.94. The van der Waals surface area contributed by atoms with E-state index < -0.39 is 18.0 Å². The smallest absolute Gasteiger partial charge is 0.185 e. The van der Waals surface area contributed by atoms with Gasteiger partial charge in [0.15, 0.2) is 5.12 Å². The molecule has 0 aliphatic heterocycles. The number of aliphatic hydroxyl groups is 2. The lowest BCUT2D eigenvalue weighted by Crippen LogP contribution is -2.21. The first-order valence-electron chi connectivity index (χ1n) is 5.22. The summed E-state index contributed by atoms with van der Waals surface area (Å²) in [6.45, 7) is 1.41. The van der Waals surface area contributed by atoms with Crippen molar-refractivity contribution in [1.82, 2.24) is 4.98 Å². The summed E-state index contributed by atoms with van der Waals surface area (Å²) < 4.78 is 13.4. The van der Waals surface area contributed by atoms with Crippen LogP contribution in [0.5, 0.6) is 0 Å². The molecule has 1 heterocycles. The lowest BCUT2D eigenvalue weighted by Gasteiger charge is -2.17. The second-order valence-corrected chi connectivity index (χ2v) is 5.37. The summed E-state index contributed by atoms with van der Waals surface area (Å²) in [5.74, 6) is -0.420. The van der Waals surface area contributed by atoms with Crippen molar-refractivity contribution in [2.75, 3.05) is 5.75 Å². The SMILES string of the molecule is CC(=O)SCCC(O)C(O)c1ncc(Cl)cc1F. The molecule has 4 nitrogen and oxygen atoms in total. The van der Waals surface area contributed by atoms with Crippen molar-refractivity contribution in [2.24, 2.45) is 0 Å². The molecule has 1 rings (SSSR count). The van der Waals surface area contributed by atoms with Gasteiger partial charge in [0.2, 0.25) is 0 Å². The van der Waals surface area contributed by atoms with E-state index in [0.717, 1.165) is 17.8 Å². The number of nitrogens with zero attached hydrogens (tertiary/aromatic N) is 1. The minimum absolute atomic E-state index is 0.0764. The van der Waals surface area contributed by atoms with Crippen LogP contribution in [-0.2, 0) is 4.79 Å². The summed E-state index contributed by atoms with van der Waals surface area (Å²) in [6, 6.07) is 1.02. The van der Waals surface area contributed by atoms with E-state index in [1.54, 1.807) is 0 Å². The van der Waals surface area contributed by atoms with Gasteiger partial charge in [0, 0.05) is 18.9 Å². The topological polar surface area (TPSA) is 70.4 Å². The molecule has 7 heteroatoms. The molecule has 0 spiro atoms. The van der Waals surface area contributed by atoms with Crippen molar-refractivity contribution in [3.8, 4) is 0 Å². The van der Waals surface area contributed by atoms with Crippen molar-refractivity contribution >= 4 is 28.5 Å². The molecular formula is C11H13ClFNO3S. The Morgan fingerprint density at radius 2 is 2.28 bits per heavy atom. The van der Waals surface area contributed by atoms with Crippen LogP contribution in [-0.4, -0.2) is 32.2 Å². The summed E-state index contributed by atoms with van der Waals surface area (Å²) in [5, 5.41) is 19.4. The fourth-order valence-electron chi connectivity index (χ4n) is 1.31. The third kappa shape index (κ3) is 4.53. The van der Waals surface area contributed by atoms with Gasteiger partial charge in [-0.3, -0.25) is 9.78 Å². The third-order valence-corrected chi connectivity index (χ3v) is 3.25. The van der Waals surface area contributed by atoms with Gasteiger partial charge in [-0.05, 0) is 12.5 Å². The largest absolute Gasteiger partial charge is 0.390 e. The fourth-order valence-corrected chi connectivity index (χ4v) is 2.10. The number of halogens is 2. The summed E-state index contributed by atoms with van der Waals surface area (Å²) in [5.41, 5.74) is -0.250. The van der Waals surface area contributed by atoms with Crippen molar-refractivity contribution < 1.29 is 19.4 Å². The summed E-state index contributed by atoms with van der Waals surface area (Å²) >= 11 is 6.57. The highest BCUT2D eigenvalue weighted by molar-refractivity contribution is 8.13. The Bertz CT molecular complexity index is 433. The monoisotopic (exact) mass is 293 g/mol. The van der Waals surface area contributed by atoms with Crippen LogP contribution >= 0.6 is 23.4 Å². The lowest BCUT2D eigenvalue weighted by atomic mass is 10.1. The number of aromatic nitrogens is 1. The minimum Gasteiger partial charge on any atom is -0.390 e. The van der Waals surface area contributed by atoms with Gasteiger partial charge in [-0.2, -0.15) is 0 Å². The maximum atomic E-state index is 13.4. The number of pyridine rings is 1. The highest BCUT2D eigenvalue weighted by Gasteiger charge is 2.23. The molecule has 100 valence electrons. The minimum atomic E-state index is -1.44. The molecule has 2 N–H and O–H groups in total. The number of hydrogen-bond donors (Lipinski definition) is 2. The zero-order valence-electron chi connectivity index (χ0n) is 9.64. The van der Waals surface area contributed by atoms with Gasteiger partial charge in [0.05, 0.1) is 11.1 Å². The van der Waals surface area contributed by atoms with Crippen LogP contribution in [0, 0.1) is 5.82 Å². The highest BCUT2D eigenvalue weighted by Crippen LogP contribution is 2.22. The third-order valence-electron chi connectivity index (χ3n) is 2.20. The maximum absolute atomic E-state index is 13.4. The molecule has 0 bridgehead atoms. The first-order chi connectivity index (χ1) is 8.41. The molecule has 1 aromatic heterocycles. The fraction of sp³-hybridized carbons (Fsp3) is 0.455. The Labute approximate surface area is 113 Å². The average molecular weight is 294 g/mol. The van der Waals surface area contributed by atoms with E-state index in [0.29, 0.717) is 5.75 Å². The van der Waals surface area contributed by atoms with E-state index in [4.69, 9.17) is 11.6 Å². The summed E-state index contributed by atoms with van der Waals surface area (Å²) in [6.07, 6.45) is -1.26. The Balaban J connectivity index is 2.62. The average Bonchev–Trinajstić information content (AvgIpc) is 2.27. The van der Waals surface area contributed by atoms with Crippen molar-refractivity contribution in [3.05, 3.63) is 28.8 Å². The van der Waals surface area contributed by atoms with Crippen molar-refractivity contribution in [3.63, 3.8) is 0 Å². The molecular weight excluding hydrogens is 281 g/mol. The predicted molar refractivity (Wildman–Crippen MR) is 67.9 cm³/mol. The molecule has 1 aromatic rings. The van der Waals surface area contributed by atoms with E-state index in [1.165, 1.54) is 13.1 Å². The Morgan fingerprint density at radius 1 is 1.61 bits per heavy atom. The number of aliphatic hydroxyl groups excluding tert-OH is 2. The van der Waals surface area contributed by atoms with Gasteiger partial charge < -0.3 is 10.2 Å². The quantitative estimate of drug-likeness (QED) is 0.868. The van der Waals surface area contributed by atoms with Crippen molar-refractivity contribution in [2.45, 2.75) is 25.6 Å². The van der Waals surface area contributed by atoms with E-state index in [-0.39, 0.29) is 22.3 Å². The number of thioether (sulfide) groups is 1. The maximum Gasteiger partial charge on any atom is 0.185 e. The molecule has 0 aliphatic carbocycles. The van der Waals surface area contributed by atoms with Crippen LogP contribution in [0.25, 0.3) is 0 Å². The first kappa shape index (κ1) is 15.4. The second kappa shape index (κ2) is 7.04. The molecule has 0 radical (unpaired) electrons. The number of carbonyl (C=O) groups excluding carboxylic acids is 1. The zero-order chi connectivity index (χ0) is 13.7. The lowest BCUT2D eigenvalue weighted by molar-refractivity contribution is -0.109. The Morgan fingerprint density at radius 3 is 2.83 bits per heavy atom. The van der Waals surface area contributed by atoms with Crippen LogP contribution in [0.4, 0.5) is 4.39 Å². The van der Waals surface area contributed by atoms with Gasteiger partial charge in [0.25, 0.3) is 0 Å². The van der Waals surface area contributed by atoms with Crippen molar-refractivity contribution in [1.29, 1.82) is 0 Å². The first-order valence-corrected chi connectivity index (χ1v) is 6.58. The van der Waals surface area contributed by atoms with Crippen LogP contribution in [0.3, 0.4) is 0 Å². The molecule has 2 atom stereocenters. The van der Waals surface area contributed by atoms with Gasteiger partial charge in [-0.25, -0.2) is 4.39 Å². The van der Waals surface area contributed by atoms with E-state index in [1.807, 2.05) is 0 Å². The second-order valence-electron chi connectivity index (χ2n) is 3.66. The molecule has 2 unspecified atom stereocenters. The Kier molecular flexibility index (Phi) is 6.01. The van der Waals surface area contributed by atoms with Crippen LogP contribution in [0.1, 0.15) is 25.1 Å². The van der Waals surface area contributed by atoms with Crippen LogP contribution in [0.2, 0.25) is 5.02 Å². The number of carbonyl (C=O) groups is 1. The molecule has 0 aromatic carbocycles. The van der Waals surface area contributed by atoms with Crippen LogP contribution in [0.15, 0.2) is 12.3 Å². The van der Waals surface area contributed by atoms with E-state index in [9.17, 15) is 19.4 Å². The van der Waals surface area contributed by atoms with Gasteiger partial charge >= 0.3 is 0 Å². The molecule has 0 amide bonds. The number of hydrogen-bond acceptors (Lipinski definition) is 5. The van der Waals surface area contributed by atoms with Gasteiger partial charge in [0.1, 0.15) is 17.6 Å². The number of rotatable bonds is 5. The van der Waals surface area contributed by atoms with Crippen LogP contribution < -0.4 is 0 Å².